The third-order valence-electron chi connectivity index (χ3n) is 2.76. The summed E-state index contributed by atoms with van der Waals surface area (Å²) in [4.78, 5) is 16.0. The summed E-state index contributed by atoms with van der Waals surface area (Å²) in [5.41, 5.74) is 1.56. The van der Waals surface area contributed by atoms with E-state index in [9.17, 15) is 4.79 Å². The minimum atomic E-state index is -0.518. The van der Waals surface area contributed by atoms with Crippen molar-refractivity contribution in [2.24, 2.45) is 4.99 Å². The average Bonchev–Trinajstić information content (AvgIpc) is 2.52. The van der Waals surface area contributed by atoms with Crippen LogP contribution in [0.5, 0.6) is 5.75 Å². The summed E-state index contributed by atoms with van der Waals surface area (Å²) < 4.78 is 15.5. The molecule has 0 fully saturated rings. The zero-order valence-electron chi connectivity index (χ0n) is 13.8. The van der Waals surface area contributed by atoms with Crippen LogP contribution in [0.15, 0.2) is 59.6 Å². The fourth-order valence-corrected chi connectivity index (χ4v) is 1.87. The second-order valence-electron chi connectivity index (χ2n) is 4.50. The molecule has 23 heavy (non-hydrogen) atoms. The molecule has 0 saturated heterocycles. The molecule has 0 amide bonds. The lowest BCUT2D eigenvalue weighted by Crippen LogP contribution is -2.06. The number of nitrogens with zero attached hydrogens (tertiary/aromatic N) is 1. The number of hydrogen-bond acceptors (Lipinski definition) is 5. The third-order valence-corrected chi connectivity index (χ3v) is 2.76. The first-order valence-corrected chi connectivity index (χ1v) is 6.97. The molecule has 0 N–H and O–H groups in total. The number of carbonyl (C=O) groups is 1. The number of ether oxygens (including phenoxy) is 3. The number of methoxy groups -OCH3 is 2. The van der Waals surface area contributed by atoms with Gasteiger partial charge in [0.25, 0.3) is 0 Å². The standard InChI is InChI=1S/C18H21NO4/c1-6-19-13(2)11-14(3)23-17-10-8-7-9-15(17)16(12-21-4)18(20)22-5/h6-12H,3H2,1-2,4-5H3/b13-11-,16-12+,19-6?. The molecule has 0 aromatic heterocycles. The van der Waals surface area contributed by atoms with Crippen molar-refractivity contribution in [3.63, 3.8) is 0 Å². The first-order chi connectivity index (χ1) is 11.0. The lowest BCUT2D eigenvalue weighted by atomic mass is 10.1. The Morgan fingerprint density at radius 3 is 2.57 bits per heavy atom. The van der Waals surface area contributed by atoms with Gasteiger partial charge in [-0.2, -0.15) is 0 Å². The number of carbonyl (C=O) groups excluding carboxylic acids is 1. The fraction of sp³-hybridized carbons (Fsp3) is 0.222. The Balaban J connectivity index is 3.15. The third kappa shape index (κ3) is 5.47. The number of benzene rings is 1. The van der Waals surface area contributed by atoms with Crippen molar-refractivity contribution < 1.29 is 19.0 Å². The van der Waals surface area contributed by atoms with E-state index in [4.69, 9.17) is 14.2 Å². The Bertz CT molecular complexity index is 657. The normalized spacial score (nSPS) is 12.2. The number of aliphatic imine (C=N–C) groups is 1. The summed E-state index contributed by atoms with van der Waals surface area (Å²) in [6.45, 7) is 7.51. The summed E-state index contributed by atoms with van der Waals surface area (Å²) in [7, 11) is 2.77. The average molecular weight is 315 g/mol. The predicted octanol–water partition coefficient (Wildman–Crippen LogP) is 3.73. The minimum Gasteiger partial charge on any atom is -0.503 e. The van der Waals surface area contributed by atoms with E-state index in [1.54, 1.807) is 36.6 Å². The first kappa shape index (κ1) is 18.2. The maximum Gasteiger partial charge on any atom is 0.341 e. The molecule has 0 heterocycles. The summed E-state index contributed by atoms with van der Waals surface area (Å²) in [5, 5.41) is 0. The highest BCUT2D eigenvalue weighted by Crippen LogP contribution is 2.28. The molecule has 1 rings (SSSR count). The van der Waals surface area contributed by atoms with Crippen LogP contribution in [0.2, 0.25) is 0 Å². The molecule has 122 valence electrons. The van der Waals surface area contributed by atoms with Crippen LogP contribution in [0.1, 0.15) is 19.4 Å². The van der Waals surface area contributed by atoms with Crippen LogP contribution in [0.4, 0.5) is 0 Å². The number of esters is 1. The van der Waals surface area contributed by atoms with Gasteiger partial charge in [-0.1, -0.05) is 24.8 Å². The second kappa shape index (κ2) is 9.25. The summed E-state index contributed by atoms with van der Waals surface area (Å²) in [5.74, 6) is 0.355. The van der Waals surface area contributed by atoms with Crippen LogP contribution in [0.3, 0.4) is 0 Å². The van der Waals surface area contributed by atoms with Gasteiger partial charge in [0.1, 0.15) is 17.1 Å². The molecule has 0 aliphatic carbocycles. The molecular formula is C18H21NO4. The Morgan fingerprint density at radius 2 is 1.96 bits per heavy atom. The van der Waals surface area contributed by atoms with E-state index in [2.05, 4.69) is 11.6 Å². The Labute approximate surface area is 136 Å². The first-order valence-electron chi connectivity index (χ1n) is 6.97. The molecule has 5 nitrogen and oxygen atoms in total. The van der Waals surface area contributed by atoms with Gasteiger partial charge in [0.2, 0.25) is 0 Å². The van der Waals surface area contributed by atoms with E-state index in [0.717, 1.165) is 5.70 Å². The quantitative estimate of drug-likeness (QED) is 0.253. The van der Waals surface area contributed by atoms with Crippen LogP contribution >= 0.6 is 0 Å². The van der Waals surface area contributed by atoms with Crippen LogP contribution in [0.25, 0.3) is 5.57 Å². The number of hydrogen-bond donors (Lipinski definition) is 0. The SMILES string of the molecule is C=C(/C=C(/C)N=CC)Oc1ccccc1/C(=C\OC)C(=O)OC. The van der Waals surface area contributed by atoms with E-state index in [1.807, 2.05) is 13.8 Å². The number of allylic oxidation sites excluding steroid dienone is 2. The maximum absolute atomic E-state index is 11.9. The van der Waals surface area contributed by atoms with Crippen molar-refractivity contribution in [1.29, 1.82) is 0 Å². The number of rotatable bonds is 7. The van der Waals surface area contributed by atoms with Crippen LogP contribution in [0, 0.1) is 0 Å². The Morgan fingerprint density at radius 1 is 1.26 bits per heavy atom. The molecule has 5 heteroatoms. The van der Waals surface area contributed by atoms with Gasteiger partial charge in [0.15, 0.2) is 0 Å². The van der Waals surface area contributed by atoms with Gasteiger partial charge in [0.05, 0.1) is 20.5 Å². The molecular weight excluding hydrogens is 294 g/mol. The van der Waals surface area contributed by atoms with Crippen molar-refractivity contribution in [3.8, 4) is 5.75 Å². The van der Waals surface area contributed by atoms with E-state index in [-0.39, 0.29) is 5.57 Å². The lowest BCUT2D eigenvalue weighted by Gasteiger charge is -2.12. The van der Waals surface area contributed by atoms with E-state index in [0.29, 0.717) is 17.1 Å². The topological polar surface area (TPSA) is 57.1 Å². The Hall–Kier alpha value is -2.82. The maximum atomic E-state index is 11.9. The highest BCUT2D eigenvalue weighted by molar-refractivity contribution is 6.16. The van der Waals surface area contributed by atoms with Crippen LogP contribution in [-0.2, 0) is 14.3 Å². The van der Waals surface area contributed by atoms with Crippen molar-refractivity contribution in [2.45, 2.75) is 13.8 Å². The summed E-state index contributed by atoms with van der Waals surface area (Å²) in [6.07, 6.45) is 4.71. The van der Waals surface area contributed by atoms with Gasteiger partial charge < -0.3 is 14.2 Å². The van der Waals surface area contributed by atoms with Crippen molar-refractivity contribution >= 4 is 17.8 Å². The number of para-hydroxylation sites is 1. The summed E-state index contributed by atoms with van der Waals surface area (Å²) in [6, 6.07) is 7.07. The van der Waals surface area contributed by atoms with E-state index in [1.165, 1.54) is 20.5 Å². The van der Waals surface area contributed by atoms with E-state index >= 15 is 0 Å². The van der Waals surface area contributed by atoms with Crippen molar-refractivity contribution in [3.05, 3.63) is 60.2 Å². The minimum absolute atomic E-state index is 0.255. The highest BCUT2D eigenvalue weighted by atomic mass is 16.5. The van der Waals surface area contributed by atoms with Crippen LogP contribution < -0.4 is 4.74 Å². The lowest BCUT2D eigenvalue weighted by molar-refractivity contribution is -0.133. The molecule has 0 radical (unpaired) electrons. The fourth-order valence-electron chi connectivity index (χ4n) is 1.87. The van der Waals surface area contributed by atoms with Crippen molar-refractivity contribution in [2.75, 3.05) is 14.2 Å². The summed E-state index contributed by atoms with van der Waals surface area (Å²) >= 11 is 0. The van der Waals surface area contributed by atoms with Gasteiger partial charge in [-0.05, 0) is 19.9 Å². The van der Waals surface area contributed by atoms with Crippen LogP contribution in [-0.4, -0.2) is 26.4 Å². The molecule has 0 bridgehead atoms. The van der Waals surface area contributed by atoms with Gasteiger partial charge in [-0.3, -0.25) is 4.99 Å². The van der Waals surface area contributed by atoms with Gasteiger partial charge in [-0.15, -0.1) is 0 Å². The molecule has 1 aromatic carbocycles. The van der Waals surface area contributed by atoms with E-state index < -0.39 is 5.97 Å². The monoisotopic (exact) mass is 315 g/mol. The molecule has 0 aliphatic heterocycles. The molecule has 0 spiro atoms. The highest BCUT2D eigenvalue weighted by Gasteiger charge is 2.17. The molecule has 0 unspecified atom stereocenters. The Kier molecular flexibility index (Phi) is 7.33. The zero-order chi connectivity index (χ0) is 17.2. The second-order valence-corrected chi connectivity index (χ2v) is 4.50. The van der Waals surface area contributed by atoms with Crippen molar-refractivity contribution in [1.82, 2.24) is 0 Å². The molecule has 1 aromatic rings. The predicted molar refractivity (Wildman–Crippen MR) is 91.1 cm³/mol. The molecule has 0 saturated carbocycles. The van der Waals surface area contributed by atoms with Gasteiger partial charge >= 0.3 is 5.97 Å². The van der Waals surface area contributed by atoms with Gasteiger partial charge in [0, 0.05) is 23.6 Å². The molecule has 0 aliphatic rings. The smallest absolute Gasteiger partial charge is 0.341 e. The largest absolute Gasteiger partial charge is 0.503 e. The molecule has 0 atom stereocenters. The van der Waals surface area contributed by atoms with Gasteiger partial charge in [-0.25, -0.2) is 4.79 Å². The zero-order valence-corrected chi connectivity index (χ0v) is 13.8.